The Balaban J connectivity index is 1.96. The van der Waals surface area contributed by atoms with Crippen LogP contribution in [0.25, 0.3) is 0 Å². The number of carbonyl (C=O) groups is 1. The van der Waals surface area contributed by atoms with Crippen molar-refractivity contribution in [2.24, 2.45) is 5.92 Å². The molecule has 0 saturated heterocycles. The van der Waals surface area contributed by atoms with Crippen molar-refractivity contribution in [3.8, 4) is 5.75 Å². The fraction of sp³-hybridized carbons (Fsp3) is 0.231. The molecule has 5 nitrogen and oxygen atoms in total. The Labute approximate surface area is 119 Å². The molecule has 6 heteroatoms. The van der Waals surface area contributed by atoms with Gasteiger partial charge in [-0.1, -0.05) is 13.0 Å². The first kappa shape index (κ1) is 13.6. The Morgan fingerprint density at radius 2 is 2.37 bits per heavy atom. The maximum absolute atomic E-state index is 12.0. The van der Waals surface area contributed by atoms with E-state index in [2.05, 4.69) is 26.3 Å². The fourth-order valence-corrected chi connectivity index (χ4v) is 1.98. The van der Waals surface area contributed by atoms with Gasteiger partial charge in [-0.15, -0.1) is 0 Å². The number of phenolic OH excluding ortho intramolecular Hbond substituents is 1. The summed E-state index contributed by atoms with van der Waals surface area (Å²) in [5, 5.41) is 16.2. The number of phenols is 1. The molecule has 0 aliphatic heterocycles. The Hall–Kier alpha value is -1.82. The number of carbonyl (C=O) groups excluding carboxylic acids is 1. The third-order valence-electron chi connectivity index (χ3n) is 2.62. The minimum absolute atomic E-state index is 0.114. The molecule has 0 aliphatic carbocycles. The van der Waals surface area contributed by atoms with Crippen LogP contribution in [0.4, 0.5) is 5.69 Å². The molecule has 1 amide bonds. The van der Waals surface area contributed by atoms with E-state index >= 15 is 0 Å². The molecule has 0 saturated carbocycles. The summed E-state index contributed by atoms with van der Waals surface area (Å²) in [5.74, 6) is -0.215. The first-order chi connectivity index (χ1) is 9.04. The molecule has 1 unspecified atom stereocenters. The Kier molecular flexibility index (Phi) is 4.21. The molecule has 1 aromatic carbocycles. The minimum Gasteiger partial charge on any atom is -0.508 e. The molecule has 0 spiro atoms. The predicted octanol–water partition coefficient (Wildman–Crippen LogP) is 2.63. The van der Waals surface area contributed by atoms with Gasteiger partial charge < -0.3 is 10.4 Å². The summed E-state index contributed by atoms with van der Waals surface area (Å²) >= 11 is 3.31. The first-order valence-electron chi connectivity index (χ1n) is 5.82. The van der Waals surface area contributed by atoms with E-state index in [9.17, 15) is 9.90 Å². The van der Waals surface area contributed by atoms with Gasteiger partial charge in [0.2, 0.25) is 5.91 Å². The van der Waals surface area contributed by atoms with Gasteiger partial charge in [-0.05, 0) is 28.1 Å². The molecule has 2 N–H and O–H groups in total. The van der Waals surface area contributed by atoms with Gasteiger partial charge in [0.05, 0.1) is 23.1 Å². The number of nitrogens with zero attached hydrogens (tertiary/aromatic N) is 2. The van der Waals surface area contributed by atoms with Crippen LogP contribution in [0.1, 0.15) is 6.92 Å². The number of benzene rings is 1. The van der Waals surface area contributed by atoms with Crippen molar-refractivity contribution in [2.45, 2.75) is 13.5 Å². The van der Waals surface area contributed by atoms with Crippen molar-refractivity contribution in [2.75, 3.05) is 5.32 Å². The lowest BCUT2D eigenvalue weighted by molar-refractivity contribution is -0.119. The molecule has 0 aliphatic rings. The first-order valence-corrected chi connectivity index (χ1v) is 6.62. The molecule has 0 fully saturated rings. The number of rotatable bonds is 4. The van der Waals surface area contributed by atoms with Crippen LogP contribution in [-0.2, 0) is 11.3 Å². The molecule has 2 rings (SSSR count). The van der Waals surface area contributed by atoms with Gasteiger partial charge in [0.1, 0.15) is 5.75 Å². The zero-order chi connectivity index (χ0) is 13.8. The number of hydrogen-bond acceptors (Lipinski definition) is 3. The lowest BCUT2D eigenvalue weighted by Crippen LogP contribution is -2.24. The van der Waals surface area contributed by atoms with Crippen molar-refractivity contribution in [1.29, 1.82) is 0 Å². The number of aromatic nitrogens is 2. The maximum Gasteiger partial charge on any atom is 0.229 e. The molecular formula is C13H14BrN3O2. The van der Waals surface area contributed by atoms with E-state index in [4.69, 9.17) is 0 Å². The second-order valence-corrected chi connectivity index (χ2v) is 5.24. The topological polar surface area (TPSA) is 67.2 Å². The van der Waals surface area contributed by atoms with Crippen LogP contribution < -0.4 is 5.32 Å². The average molecular weight is 324 g/mol. The second-order valence-electron chi connectivity index (χ2n) is 4.32. The highest BCUT2D eigenvalue weighted by atomic mass is 79.9. The molecule has 2 aromatic rings. The zero-order valence-electron chi connectivity index (χ0n) is 10.4. The van der Waals surface area contributed by atoms with Gasteiger partial charge in [0.15, 0.2) is 0 Å². The summed E-state index contributed by atoms with van der Waals surface area (Å²) in [6, 6.07) is 6.48. The van der Waals surface area contributed by atoms with Gasteiger partial charge in [0.25, 0.3) is 0 Å². The van der Waals surface area contributed by atoms with Crippen molar-refractivity contribution < 1.29 is 9.90 Å². The normalized spacial score (nSPS) is 12.1. The number of hydrogen-bond donors (Lipinski definition) is 2. The fourth-order valence-electron chi connectivity index (χ4n) is 1.65. The minimum atomic E-state index is -0.228. The molecule has 0 bridgehead atoms. The van der Waals surface area contributed by atoms with E-state index in [0.29, 0.717) is 12.2 Å². The van der Waals surface area contributed by atoms with Crippen LogP contribution in [0.5, 0.6) is 5.75 Å². The number of halogens is 1. The van der Waals surface area contributed by atoms with E-state index < -0.39 is 0 Å². The number of nitrogens with one attached hydrogen (secondary N) is 1. The van der Waals surface area contributed by atoms with Gasteiger partial charge in [-0.25, -0.2) is 0 Å². The molecule has 1 atom stereocenters. The highest BCUT2D eigenvalue weighted by molar-refractivity contribution is 9.10. The Bertz CT molecular complexity index is 583. The van der Waals surface area contributed by atoms with Gasteiger partial charge in [-0.3, -0.25) is 9.48 Å². The van der Waals surface area contributed by atoms with E-state index in [1.54, 1.807) is 29.1 Å². The SMILES string of the molecule is CC(Cn1cc(Br)cn1)C(=O)Nc1cccc(O)c1. The number of amides is 1. The van der Waals surface area contributed by atoms with E-state index in [-0.39, 0.29) is 17.6 Å². The Morgan fingerprint density at radius 1 is 1.58 bits per heavy atom. The zero-order valence-corrected chi connectivity index (χ0v) is 12.0. The molecule has 1 aromatic heterocycles. The van der Waals surface area contributed by atoms with Crippen LogP contribution >= 0.6 is 15.9 Å². The van der Waals surface area contributed by atoms with E-state index in [1.807, 2.05) is 13.1 Å². The van der Waals surface area contributed by atoms with Crippen LogP contribution in [0.3, 0.4) is 0 Å². The summed E-state index contributed by atoms with van der Waals surface area (Å²) in [6.07, 6.45) is 3.50. The molecule has 19 heavy (non-hydrogen) atoms. The van der Waals surface area contributed by atoms with Crippen LogP contribution in [0.15, 0.2) is 41.1 Å². The Morgan fingerprint density at radius 3 is 3.00 bits per heavy atom. The van der Waals surface area contributed by atoms with Crippen molar-refractivity contribution in [1.82, 2.24) is 9.78 Å². The lowest BCUT2D eigenvalue weighted by atomic mass is 10.1. The van der Waals surface area contributed by atoms with Crippen LogP contribution in [0, 0.1) is 5.92 Å². The monoisotopic (exact) mass is 323 g/mol. The lowest BCUT2D eigenvalue weighted by Gasteiger charge is -2.12. The smallest absolute Gasteiger partial charge is 0.229 e. The van der Waals surface area contributed by atoms with Gasteiger partial charge in [0, 0.05) is 18.0 Å². The maximum atomic E-state index is 12.0. The number of aromatic hydroxyl groups is 1. The van der Waals surface area contributed by atoms with Gasteiger partial charge >= 0.3 is 0 Å². The largest absolute Gasteiger partial charge is 0.508 e. The highest BCUT2D eigenvalue weighted by Gasteiger charge is 2.14. The molecular weight excluding hydrogens is 310 g/mol. The van der Waals surface area contributed by atoms with E-state index in [1.165, 1.54) is 6.07 Å². The quantitative estimate of drug-likeness (QED) is 0.908. The summed E-state index contributed by atoms with van der Waals surface area (Å²) < 4.78 is 2.59. The van der Waals surface area contributed by atoms with Crippen LogP contribution in [0.2, 0.25) is 0 Å². The summed E-state index contributed by atoms with van der Waals surface area (Å²) in [7, 11) is 0. The third-order valence-corrected chi connectivity index (χ3v) is 3.03. The van der Waals surface area contributed by atoms with Crippen molar-refractivity contribution >= 4 is 27.5 Å². The van der Waals surface area contributed by atoms with Gasteiger partial charge in [-0.2, -0.15) is 5.10 Å². The second kappa shape index (κ2) is 5.88. The third kappa shape index (κ3) is 3.82. The summed E-state index contributed by atoms with van der Waals surface area (Å²) in [6.45, 7) is 2.32. The standard InChI is InChI=1S/C13H14BrN3O2/c1-9(7-17-8-10(14)6-15-17)13(19)16-11-3-2-4-12(18)5-11/h2-6,8-9,18H,7H2,1H3,(H,16,19). The predicted molar refractivity (Wildman–Crippen MR) is 75.8 cm³/mol. The molecule has 1 heterocycles. The summed E-state index contributed by atoms with van der Waals surface area (Å²) in [5.41, 5.74) is 0.582. The van der Waals surface area contributed by atoms with E-state index in [0.717, 1.165) is 4.47 Å². The highest BCUT2D eigenvalue weighted by Crippen LogP contribution is 2.16. The van der Waals surface area contributed by atoms with Crippen molar-refractivity contribution in [3.05, 3.63) is 41.1 Å². The average Bonchev–Trinajstić information content (AvgIpc) is 2.74. The van der Waals surface area contributed by atoms with Crippen molar-refractivity contribution in [3.63, 3.8) is 0 Å². The van der Waals surface area contributed by atoms with Crippen LogP contribution in [-0.4, -0.2) is 20.8 Å². The molecule has 0 radical (unpaired) electrons. The summed E-state index contributed by atoms with van der Waals surface area (Å²) in [4.78, 5) is 12.0. The number of anilines is 1. The molecule has 100 valence electrons.